The molecule has 0 bridgehead atoms. The Labute approximate surface area is 198 Å². The number of nitrogens with one attached hydrogen (secondary N) is 3. The Bertz CT molecular complexity index is 1100. The maximum absolute atomic E-state index is 12.7. The lowest BCUT2D eigenvalue weighted by Gasteiger charge is -2.32. The van der Waals surface area contributed by atoms with E-state index in [1.165, 1.54) is 6.92 Å². The van der Waals surface area contributed by atoms with E-state index in [4.69, 9.17) is 4.74 Å². The molecule has 10 heteroatoms. The first-order valence-corrected chi connectivity index (χ1v) is 11.5. The molecule has 0 radical (unpaired) electrons. The number of piperidine rings is 1. The largest absolute Gasteiger partial charge is 0.493 e. The SMILES string of the molecule is CC(=O)Nc1ccccc1C(=O)NC1CCN(CCCOc2ccccc2-c2nnn[nH]2)CC1. The summed E-state index contributed by atoms with van der Waals surface area (Å²) in [7, 11) is 0. The third kappa shape index (κ3) is 6.16. The van der Waals surface area contributed by atoms with Crippen molar-refractivity contribution < 1.29 is 14.3 Å². The van der Waals surface area contributed by atoms with Crippen LogP contribution in [0, 0.1) is 0 Å². The normalized spacial score (nSPS) is 14.5. The Hall–Kier alpha value is -3.79. The number of tetrazole rings is 1. The van der Waals surface area contributed by atoms with Gasteiger partial charge in [0.1, 0.15) is 5.75 Å². The average molecular weight is 464 g/mol. The first-order chi connectivity index (χ1) is 16.6. The summed E-state index contributed by atoms with van der Waals surface area (Å²) in [6.07, 6.45) is 2.66. The third-order valence-corrected chi connectivity index (χ3v) is 5.77. The fraction of sp³-hybridized carbons (Fsp3) is 0.375. The minimum Gasteiger partial charge on any atom is -0.493 e. The summed E-state index contributed by atoms with van der Waals surface area (Å²) in [6.45, 7) is 4.78. The molecule has 0 spiro atoms. The molecule has 0 unspecified atom stereocenters. The molecule has 2 heterocycles. The predicted octanol–water partition coefficient (Wildman–Crippen LogP) is 2.49. The fourth-order valence-electron chi connectivity index (χ4n) is 4.08. The number of carbonyl (C=O) groups is 2. The molecule has 1 aliphatic rings. The molecule has 3 N–H and O–H groups in total. The van der Waals surface area contributed by atoms with Gasteiger partial charge in [-0.2, -0.15) is 0 Å². The second-order valence-corrected chi connectivity index (χ2v) is 8.26. The lowest BCUT2D eigenvalue weighted by molar-refractivity contribution is -0.114. The van der Waals surface area contributed by atoms with E-state index in [-0.39, 0.29) is 17.9 Å². The van der Waals surface area contributed by atoms with Crippen molar-refractivity contribution in [1.29, 1.82) is 0 Å². The van der Waals surface area contributed by atoms with Crippen molar-refractivity contribution in [2.75, 3.05) is 31.6 Å². The van der Waals surface area contributed by atoms with E-state index in [1.807, 2.05) is 24.3 Å². The Morgan fingerprint density at radius 1 is 1.12 bits per heavy atom. The highest BCUT2D eigenvalue weighted by molar-refractivity contribution is 6.03. The molecule has 0 saturated carbocycles. The zero-order valence-corrected chi connectivity index (χ0v) is 19.2. The van der Waals surface area contributed by atoms with Crippen LogP contribution in [0.4, 0.5) is 5.69 Å². The molecule has 0 atom stereocenters. The maximum Gasteiger partial charge on any atom is 0.253 e. The highest BCUT2D eigenvalue weighted by Crippen LogP contribution is 2.26. The smallest absolute Gasteiger partial charge is 0.253 e. The van der Waals surface area contributed by atoms with Crippen LogP contribution in [-0.4, -0.2) is 69.6 Å². The molecule has 1 saturated heterocycles. The maximum atomic E-state index is 12.7. The second kappa shape index (κ2) is 11.4. The van der Waals surface area contributed by atoms with Crippen LogP contribution in [0.25, 0.3) is 11.4 Å². The second-order valence-electron chi connectivity index (χ2n) is 8.26. The van der Waals surface area contributed by atoms with E-state index in [0.717, 1.165) is 50.2 Å². The van der Waals surface area contributed by atoms with Gasteiger partial charge in [0, 0.05) is 32.6 Å². The summed E-state index contributed by atoms with van der Waals surface area (Å²) in [5.74, 6) is 0.981. The van der Waals surface area contributed by atoms with Crippen LogP contribution in [0.15, 0.2) is 48.5 Å². The van der Waals surface area contributed by atoms with Crippen molar-refractivity contribution in [3.63, 3.8) is 0 Å². The molecule has 2 aromatic carbocycles. The summed E-state index contributed by atoms with van der Waals surface area (Å²) < 4.78 is 5.98. The van der Waals surface area contributed by atoms with E-state index >= 15 is 0 Å². The van der Waals surface area contributed by atoms with Crippen LogP contribution in [0.2, 0.25) is 0 Å². The minimum atomic E-state index is -0.198. The van der Waals surface area contributed by atoms with Gasteiger partial charge in [0.15, 0.2) is 5.82 Å². The summed E-state index contributed by atoms with van der Waals surface area (Å²) in [5, 5.41) is 19.8. The van der Waals surface area contributed by atoms with Crippen LogP contribution in [0.1, 0.15) is 36.5 Å². The molecule has 0 aliphatic carbocycles. The van der Waals surface area contributed by atoms with Crippen LogP contribution in [0.5, 0.6) is 5.75 Å². The number of benzene rings is 2. The number of para-hydroxylation sites is 2. The Morgan fingerprint density at radius 2 is 1.88 bits per heavy atom. The number of aromatic nitrogens is 4. The molecule has 3 aromatic rings. The quantitative estimate of drug-likeness (QED) is 0.416. The number of likely N-dealkylation sites (tertiary alicyclic amines) is 1. The van der Waals surface area contributed by atoms with E-state index < -0.39 is 0 Å². The first kappa shape index (κ1) is 23.4. The number of aromatic amines is 1. The van der Waals surface area contributed by atoms with Gasteiger partial charge in [0.25, 0.3) is 5.91 Å². The number of carbonyl (C=O) groups excluding carboxylic acids is 2. The van der Waals surface area contributed by atoms with Gasteiger partial charge in [-0.3, -0.25) is 9.59 Å². The molecular formula is C24H29N7O3. The Morgan fingerprint density at radius 3 is 2.65 bits per heavy atom. The summed E-state index contributed by atoms with van der Waals surface area (Å²) >= 11 is 0. The number of nitrogens with zero attached hydrogens (tertiary/aromatic N) is 4. The molecule has 4 rings (SSSR count). The number of amides is 2. The van der Waals surface area contributed by atoms with Gasteiger partial charge in [0.05, 0.1) is 23.4 Å². The van der Waals surface area contributed by atoms with E-state index in [9.17, 15) is 9.59 Å². The summed E-state index contributed by atoms with van der Waals surface area (Å²) in [4.78, 5) is 26.5. The number of anilines is 1. The number of H-pyrrole nitrogens is 1. The number of hydrogen-bond donors (Lipinski definition) is 3. The van der Waals surface area contributed by atoms with Gasteiger partial charge >= 0.3 is 0 Å². The number of hydrogen-bond acceptors (Lipinski definition) is 7. The highest BCUT2D eigenvalue weighted by Gasteiger charge is 2.22. The van der Waals surface area contributed by atoms with E-state index in [0.29, 0.717) is 23.7 Å². The average Bonchev–Trinajstić information content (AvgIpc) is 3.38. The predicted molar refractivity (Wildman–Crippen MR) is 127 cm³/mol. The zero-order chi connectivity index (χ0) is 23.8. The Balaban J connectivity index is 1.19. The monoisotopic (exact) mass is 463 g/mol. The molecule has 10 nitrogen and oxygen atoms in total. The molecular weight excluding hydrogens is 434 g/mol. The van der Waals surface area contributed by atoms with Crippen LogP contribution in [0.3, 0.4) is 0 Å². The molecule has 2 amide bonds. The molecule has 1 aliphatic heterocycles. The fourth-order valence-corrected chi connectivity index (χ4v) is 4.08. The van der Waals surface area contributed by atoms with Gasteiger partial charge in [-0.1, -0.05) is 24.3 Å². The number of rotatable bonds is 9. The summed E-state index contributed by atoms with van der Waals surface area (Å²) in [6, 6.07) is 14.9. The van der Waals surface area contributed by atoms with Gasteiger partial charge in [-0.05, 0) is 54.0 Å². The van der Waals surface area contributed by atoms with E-state index in [1.54, 1.807) is 24.3 Å². The van der Waals surface area contributed by atoms with Crippen molar-refractivity contribution in [3.05, 3.63) is 54.1 Å². The lowest BCUT2D eigenvalue weighted by Crippen LogP contribution is -2.45. The van der Waals surface area contributed by atoms with Crippen molar-refractivity contribution >= 4 is 17.5 Å². The van der Waals surface area contributed by atoms with Gasteiger partial charge in [0.2, 0.25) is 5.91 Å². The van der Waals surface area contributed by atoms with Crippen LogP contribution >= 0.6 is 0 Å². The van der Waals surface area contributed by atoms with Crippen molar-refractivity contribution in [3.8, 4) is 17.1 Å². The lowest BCUT2D eigenvalue weighted by atomic mass is 10.0. The topological polar surface area (TPSA) is 125 Å². The third-order valence-electron chi connectivity index (χ3n) is 5.77. The Kier molecular flexibility index (Phi) is 7.82. The standard InChI is InChI=1S/C24H29N7O3/c1-17(32)25-21-9-4-2-7-19(21)24(33)26-18-11-14-31(15-12-18)13-6-16-34-22-10-5-3-8-20(22)23-27-29-30-28-23/h2-5,7-10,18H,6,11-16H2,1H3,(H,25,32)(H,26,33)(H,27,28,29,30). The van der Waals surface area contributed by atoms with Crippen molar-refractivity contribution in [2.24, 2.45) is 0 Å². The van der Waals surface area contributed by atoms with Crippen molar-refractivity contribution in [2.45, 2.75) is 32.2 Å². The van der Waals surface area contributed by atoms with Gasteiger partial charge in [-0.25, -0.2) is 5.10 Å². The molecule has 1 fully saturated rings. The van der Waals surface area contributed by atoms with Gasteiger partial charge in [-0.15, -0.1) is 5.10 Å². The zero-order valence-electron chi connectivity index (χ0n) is 19.2. The number of ether oxygens (including phenoxy) is 1. The summed E-state index contributed by atoms with van der Waals surface area (Å²) in [5.41, 5.74) is 1.86. The van der Waals surface area contributed by atoms with Gasteiger partial charge < -0.3 is 20.3 Å². The van der Waals surface area contributed by atoms with Crippen LogP contribution in [-0.2, 0) is 4.79 Å². The highest BCUT2D eigenvalue weighted by atomic mass is 16.5. The first-order valence-electron chi connectivity index (χ1n) is 11.5. The molecule has 1 aromatic heterocycles. The molecule has 34 heavy (non-hydrogen) atoms. The minimum absolute atomic E-state index is 0.118. The van der Waals surface area contributed by atoms with Crippen LogP contribution < -0.4 is 15.4 Å². The van der Waals surface area contributed by atoms with Crippen molar-refractivity contribution in [1.82, 2.24) is 30.8 Å². The molecule has 178 valence electrons. The van der Waals surface area contributed by atoms with E-state index in [2.05, 4.69) is 36.2 Å².